The van der Waals surface area contributed by atoms with Gasteiger partial charge in [0.05, 0.1) is 5.39 Å². The molecule has 0 unspecified atom stereocenters. The van der Waals surface area contributed by atoms with E-state index in [1.807, 2.05) is 38.1 Å². The summed E-state index contributed by atoms with van der Waals surface area (Å²) in [7, 11) is 0. The summed E-state index contributed by atoms with van der Waals surface area (Å²) in [6.07, 6.45) is 0. The average molecular weight is 337 g/mol. The maximum Gasteiger partial charge on any atom is 0.263 e. The van der Waals surface area contributed by atoms with Crippen molar-refractivity contribution in [3.05, 3.63) is 49.3 Å². The van der Waals surface area contributed by atoms with E-state index in [9.17, 15) is 4.79 Å². The molecule has 0 aliphatic carbocycles. The van der Waals surface area contributed by atoms with Gasteiger partial charge in [-0.3, -0.25) is 9.36 Å². The summed E-state index contributed by atoms with van der Waals surface area (Å²) in [5.41, 5.74) is 1.92. The van der Waals surface area contributed by atoms with Crippen LogP contribution < -0.4 is 5.56 Å². The Balaban J connectivity index is 2.43. The molecule has 0 radical (unpaired) electrons. The molecule has 2 aromatic heterocycles. The average Bonchev–Trinajstić information content (AvgIpc) is 2.76. The third-order valence-electron chi connectivity index (χ3n) is 3.46. The highest BCUT2D eigenvalue weighted by Crippen LogP contribution is 2.35. The number of nitrogens with zero attached hydrogens (tertiary/aromatic N) is 1. The Labute approximate surface area is 135 Å². The van der Waals surface area contributed by atoms with Gasteiger partial charge in [-0.25, -0.2) is 0 Å². The Morgan fingerprint density at radius 1 is 1.33 bits per heavy atom. The van der Waals surface area contributed by atoms with E-state index >= 15 is 0 Å². The first-order chi connectivity index (χ1) is 10.0. The largest absolute Gasteiger partial charge is 0.323 e. The number of nitrogens with one attached hydrogen (secondary N) is 1. The third kappa shape index (κ3) is 2.35. The molecule has 0 saturated heterocycles. The number of aromatic amines is 1. The Hall–Kier alpha value is -1.43. The van der Waals surface area contributed by atoms with E-state index in [4.69, 9.17) is 23.8 Å². The van der Waals surface area contributed by atoms with Crippen LogP contribution in [-0.4, -0.2) is 9.55 Å². The predicted octanol–water partition coefficient (Wildman–Crippen LogP) is 4.77. The van der Waals surface area contributed by atoms with Crippen LogP contribution in [0.25, 0.3) is 21.3 Å². The molecule has 0 aliphatic heterocycles. The number of aryl methyl sites for hydroxylation is 1. The van der Waals surface area contributed by atoms with Gasteiger partial charge in [-0.1, -0.05) is 23.7 Å². The minimum absolute atomic E-state index is 0.0365. The first-order valence-corrected chi connectivity index (χ1v) is 8.15. The maximum absolute atomic E-state index is 12.7. The summed E-state index contributed by atoms with van der Waals surface area (Å²) in [5.74, 6) is 0. The molecule has 0 atom stereocenters. The molecule has 108 valence electrons. The van der Waals surface area contributed by atoms with Gasteiger partial charge in [0.15, 0.2) is 4.77 Å². The molecule has 21 heavy (non-hydrogen) atoms. The Morgan fingerprint density at radius 3 is 2.62 bits per heavy atom. The molecule has 0 bridgehead atoms. The van der Waals surface area contributed by atoms with E-state index in [1.54, 1.807) is 15.9 Å². The fraction of sp³-hybridized carbons (Fsp3) is 0.200. The summed E-state index contributed by atoms with van der Waals surface area (Å²) in [6.45, 7) is 4.48. The van der Waals surface area contributed by atoms with Crippen molar-refractivity contribution in [1.82, 2.24) is 9.55 Å². The quantitative estimate of drug-likeness (QED) is 0.684. The lowest BCUT2D eigenvalue weighted by molar-refractivity contribution is 0.706. The highest BCUT2D eigenvalue weighted by molar-refractivity contribution is 7.71. The smallest absolute Gasteiger partial charge is 0.263 e. The highest BCUT2D eigenvalue weighted by atomic mass is 35.5. The van der Waals surface area contributed by atoms with Crippen LogP contribution in [0.3, 0.4) is 0 Å². The fourth-order valence-electron chi connectivity index (χ4n) is 2.48. The van der Waals surface area contributed by atoms with Gasteiger partial charge in [-0.2, -0.15) is 0 Å². The molecule has 6 heteroatoms. The summed E-state index contributed by atoms with van der Waals surface area (Å²) in [6, 6.07) is 7.55. The molecule has 0 saturated carbocycles. The molecule has 0 aliphatic rings. The fourth-order valence-corrected chi connectivity index (χ4v) is 4.05. The first-order valence-electron chi connectivity index (χ1n) is 6.55. The lowest BCUT2D eigenvalue weighted by Crippen LogP contribution is -2.20. The van der Waals surface area contributed by atoms with E-state index in [0.29, 0.717) is 21.7 Å². The number of H-pyrrole nitrogens is 1. The van der Waals surface area contributed by atoms with Crippen molar-refractivity contribution in [3.8, 4) is 11.1 Å². The van der Waals surface area contributed by atoms with Gasteiger partial charge in [0, 0.05) is 22.0 Å². The molecule has 1 N–H and O–H groups in total. The van der Waals surface area contributed by atoms with Crippen LogP contribution in [0.2, 0.25) is 5.02 Å². The summed E-state index contributed by atoms with van der Waals surface area (Å²) in [5, 5.41) is 1.39. The molecule has 0 fully saturated rings. The van der Waals surface area contributed by atoms with Gasteiger partial charge in [0.1, 0.15) is 4.83 Å². The monoisotopic (exact) mass is 336 g/mol. The van der Waals surface area contributed by atoms with Crippen LogP contribution >= 0.6 is 35.2 Å². The van der Waals surface area contributed by atoms with E-state index < -0.39 is 0 Å². The summed E-state index contributed by atoms with van der Waals surface area (Å²) in [4.78, 5) is 17.8. The lowest BCUT2D eigenvalue weighted by Gasteiger charge is -2.05. The Morgan fingerprint density at radius 2 is 2.00 bits per heavy atom. The van der Waals surface area contributed by atoms with Gasteiger partial charge in [-0.05, 0) is 43.8 Å². The van der Waals surface area contributed by atoms with Crippen molar-refractivity contribution in [1.29, 1.82) is 0 Å². The van der Waals surface area contributed by atoms with Gasteiger partial charge in [-0.15, -0.1) is 11.3 Å². The van der Waals surface area contributed by atoms with Crippen LogP contribution in [0.4, 0.5) is 0 Å². The maximum atomic E-state index is 12.7. The van der Waals surface area contributed by atoms with Crippen molar-refractivity contribution in [3.63, 3.8) is 0 Å². The first kappa shape index (κ1) is 14.5. The van der Waals surface area contributed by atoms with Gasteiger partial charge < -0.3 is 4.98 Å². The number of halogens is 1. The predicted molar refractivity (Wildman–Crippen MR) is 92.1 cm³/mol. The zero-order valence-electron chi connectivity index (χ0n) is 11.6. The number of aromatic nitrogens is 2. The SMILES string of the molecule is CCn1c(=S)[nH]c2sc(C)c(-c3ccc(Cl)cc3)c2c1=O. The van der Waals surface area contributed by atoms with Crippen molar-refractivity contribution in [2.24, 2.45) is 0 Å². The number of hydrogen-bond acceptors (Lipinski definition) is 3. The van der Waals surface area contributed by atoms with Gasteiger partial charge in [0.2, 0.25) is 0 Å². The molecule has 3 rings (SSSR count). The molecule has 2 heterocycles. The number of hydrogen-bond donors (Lipinski definition) is 1. The summed E-state index contributed by atoms with van der Waals surface area (Å²) < 4.78 is 2.06. The number of rotatable bonds is 2. The zero-order chi connectivity index (χ0) is 15.1. The minimum Gasteiger partial charge on any atom is -0.323 e. The normalized spacial score (nSPS) is 11.2. The van der Waals surface area contributed by atoms with Crippen molar-refractivity contribution < 1.29 is 0 Å². The Kier molecular flexibility index (Phi) is 3.73. The van der Waals surface area contributed by atoms with E-state index in [1.165, 1.54) is 0 Å². The van der Waals surface area contributed by atoms with Gasteiger partial charge in [0.25, 0.3) is 5.56 Å². The van der Waals surface area contributed by atoms with Crippen LogP contribution in [-0.2, 0) is 6.54 Å². The van der Waals surface area contributed by atoms with E-state index in [2.05, 4.69) is 4.98 Å². The van der Waals surface area contributed by atoms with Crippen molar-refractivity contribution in [2.75, 3.05) is 0 Å². The standard InChI is InChI=1S/C15H13ClN2OS2/c1-3-18-14(19)12-11(9-4-6-10(16)7-5-9)8(2)21-13(12)17-15(18)20/h4-7H,3H2,1-2H3,(H,17,20). The third-order valence-corrected chi connectivity index (χ3v) is 5.05. The molecule has 0 spiro atoms. The van der Waals surface area contributed by atoms with Crippen LogP contribution in [0, 0.1) is 11.7 Å². The van der Waals surface area contributed by atoms with Crippen molar-refractivity contribution >= 4 is 45.4 Å². The lowest BCUT2D eigenvalue weighted by atomic mass is 10.0. The molecule has 0 amide bonds. The second-order valence-electron chi connectivity index (χ2n) is 4.72. The minimum atomic E-state index is -0.0365. The van der Waals surface area contributed by atoms with Crippen LogP contribution in [0.1, 0.15) is 11.8 Å². The topological polar surface area (TPSA) is 37.8 Å². The highest BCUT2D eigenvalue weighted by Gasteiger charge is 2.16. The van der Waals surface area contributed by atoms with Crippen molar-refractivity contribution in [2.45, 2.75) is 20.4 Å². The van der Waals surface area contributed by atoms with E-state index in [0.717, 1.165) is 20.8 Å². The zero-order valence-corrected chi connectivity index (χ0v) is 14.0. The molecule has 1 aromatic carbocycles. The van der Waals surface area contributed by atoms with Crippen LogP contribution in [0.5, 0.6) is 0 Å². The summed E-state index contributed by atoms with van der Waals surface area (Å²) >= 11 is 12.8. The molecular weight excluding hydrogens is 324 g/mol. The molecular formula is C15H13ClN2OS2. The second kappa shape index (κ2) is 5.40. The van der Waals surface area contributed by atoms with E-state index in [-0.39, 0.29) is 5.56 Å². The molecule has 3 nitrogen and oxygen atoms in total. The van der Waals surface area contributed by atoms with Crippen LogP contribution in [0.15, 0.2) is 29.1 Å². The molecule has 3 aromatic rings. The number of fused-ring (bicyclic) bond motifs is 1. The number of benzene rings is 1. The second-order valence-corrected chi connectivity index (χ2v) is 6.77. The van der Waals surface area contributed by atoms with Gasteiger partial charge >= 0.3 is 0 Å². The Bertz CT molecular complexity index is 935. The number of thiophene rings is 1.